The third kappa shape index (κ3) is 4.26. The van der Waals surface area contributed by atoms with E-state index in [4.69, 9.17) is 20.8 Å². The van der Waals surface area contributed by atoms with Gasteiger partial charge in [0.15, 0.2) is 6.61 Å². The summed E-state index contributed by atoms with van der Waals surface area (Å²) >= 11 is 5.74. The molecule has 0 unspecified atom stereocenters. The summed E-state index contributed by atoms with van der Waals surface area (Å²) in [5.74, 6) is 0.684. The Kier molecular flexibility index (Phi) is 5.06. The Bertz CT molecular complexity index is 679. The summed E-state index contributed by atoms with van der Waals surface area (Å²) in [5, 5.41) is 0.579. The third-order valence-electron chi connectivity index (χ3n) is 2.78. The van der Waals surface area contributed by atoms with Gasteiger partial charge in [0, 0.05) is 5.02 Å². The maximum absolute atomic E-state index is 11.9. The van der Waals surface area contributed by atoms with Gasteiger partial charge in [0.25, 0.3) is 11.8 Å². The molecule has 0 atom stereocenters. The standard InChI is InChI=1S/C15H15ClN2O4/c1-9-7-13(10(2)22-9)15(20)18-17-14(19)8-21-12-5-3-11(16)4-6-12/h3-7H,8H2,1-2H3,(H,17,19)(H,18,20). The van der Waals surface area contributed by atoms with Crippen LogP contribution in [-0.2, 0) is 4.79 Å². The van der Waals surface area contributed by atoms with Gasteiger partial charge in [-0.05, 0) is 44.2 Å². The number of aryl methyl sites for hydroxylation is 2. The van der Waals surface area contributed by atoms with Crippen molar-refractivity contribution in [3.05, 3.63) is 52.4 Å². The molecule has 0 bridgehead atoms. The molecule has 2 rings (SSSR count). The van der Waals surface area contributed by atoms with Gasteiger partial charge in [0.1, 0.15) is 17.3 Å². The number of hydrazine groups is 1. The van der Waals surface area contributed by atoms with Crippen LogP contribution in [0.4, 0.5) is 0 Å². The summed E-state index contributed by atoms with van der Waals surface area (Å²) in [5.41, 5.74) is 4.94. The molecule has 0 aliphatic heterocycles. The van der Waals surface area contributed by atoms with Gasteiger partial charge in [-0.3, -0.25) is 20.4 Å². The average Bonchev–Trinajstić information content (AvgIpc) is 2.83. The van der Waals surface area contributed by atoms with Crippen LogP contribution in [0.15, 0.2) is 34.7 Å². The molecule has 7 heteroatoms. The lowest BCUT2D eigenvalue weighted by Crippen LogP contribution is -2.43. The zero-order chi connectivity index (χ0) is 16.1. The second-order valence-corrected chi connectivity index (χ2v) is 5.01. The molecule has 6 nitrogen and oxygen atoms in total. The summed E-state index contributed by atoms with van der Waals surface area (Å²) in [7, 11) is 0. The van der Waals surface area contributed by atoms with E-state index in [2.05, 4.69) is 10.9 Å². The second kappa shape index (κ2) is 7.00. The van der Waals surface area contributed by atoms with E-state index in [-0.39, 0.29) is 6.61 Å². The van der Waals surface area contributed by atoms with Crippen molar-refractivity contribution in [3.8, 4) is 5.75 Å². The molecular weight excluding hydrogens is 308 g/mol. The molecule has 1 heterocycles. The van der Waals surface area contributed by atoms with Crippen LogP contribution >= 0.6 is 11.6 Å². The first kappa shape index (κ1) is 15.9. The number of carbonyl (C=O) groups excluding carboxylic acids is 2. The molecule has 0 spiro atoms. The van der Waals surface area contributed by atoms with E-state index < -0.39 is 11.8 Å². The molecule has 0 saturated carbocycles. The van der Waals surface area contributed by atoms with Gasteiger partial charge in [-0.25, -0.2) is 0 Å². The minimum absolute atomic E-state index is 0.231. The van der Waals surface area contributed by atoms with Crippen molar-refractivity contribution in [1.29, 1.82) is 0 Å². The Morgan fingerprint density at radius 1 is 1.18 bits per heavy atom. The number of rotatable bonds is 4. The Morgan fingerprint density at radius 2 is 1.86 bits per heavy atom. The van der Waals surface area contributed by atoms with Gasteiger partial charge >= 0.3 is 0 Å². The Hall–Kier alpha value is -2.47. The summed E-state index contributed by atoms with van der Waals surface area (Å²) in [6, 6.07) is 8.19. The molecule has 2 N–H and O–H groups in total. The molecule has 116 valence electrons. The molecule has 0 saturated heterocycles. The lowest BCUT2D eigenvalue weighted by Gasteiger charge is -2.08. The van der Waals surface area contributed by atoms with Crippen molar-refractivity contribution >= 4 is 23.4 Å². The largest absolute Gasteiger partial charge is 0.484 e. The van der Waals surface area contributed by atoms with Crippen LogP contribution in [0.3, 0.4) is 0 Å². The fraction of sp³-hybridized carbons (Fsp3) is 0.200. The number of carbonyl (C=O) groups is 2. The van der Waals surface area contributed by atoms with Gasteiger partial charge in [-0.2, -0.15) is 0 Å². The first-order chi connectivity index (χ1) is 10.5. The average molecular weight is 323 g/mol. The molecule has 2 aromatic rings. The predicted octanol–water partition coefficient (Wildman–Crippen LogP) is 2.39. The normalized spacial score (nSPS) is 10.1. The van der Waals surface area contributed by atoms with Crippen molar-refractivity contribution in [3.63, 3.8) is 0 Å². The van der Waals surface area contributed by atoms with Gasteiger partial charge in [0.05, 0.1) is 5.56 Å². The Balaban J connectivity index is 1.79. The molecule has 1 aromatic heterocycles. The van der Waals surface area contributed by atoms with Crippen molar-refractivity contribution in [1.82, 2.24) is 10.9 Å². The van der Waals surface area contributed by atoms with E-state index in [1.54, 1.807) is 44.2 Å². The zero-order valence-electron chi connectivity index (χ0n) is 12.1. The molecule has 0 aliphatic rings. The monoisotopic (exact) mass is 322 g/mol. The molecule has 0 radical (unpaired) electrons. The smallest absolute Gasteiger partial charge is 0.276 e. The van der Waals surface area contributed by atoms with E-state index in [1.165, 1.54) is 0 Å². The van der Waals surface area contributed by atoms with Crippen molar-refractivity contribution in [2.75, 3.05) is 6.61 Å². The van der Waals surface area contributed by atoms with Gasteiger partial charge in [-0.15, -0.1) is 0 Å². The molecule has 1 aromatic carbocycles. The SMILES string of the molecule is Cc1cc(C(=O)NNC(=O)COc2ccc(Cl)cc2)c(C)o1. The molecule has 0 fully saturated rings. The van der Waals surface area contributed by atoms with Crippen molar-refractivity contribution in [2.45, 2.75) is 13.8 Å². The maximum atomic E-state index is 11.9. The van der Waals surface area contributed by atoms with E-state index in [0.717, 1.165) is 0 Å². The molecule has 2 amide bonds. The van der Waals surface area contributed by atoms with Crippen molar-refractivity contribution < 1.29 is 18.7 Å². The number of halogens is 1. The lowest BCUT2D eigenvalue weighted by atomic mass is 10.2. The molecular formula is C15H15ClN2O4. The fourth-order valence-corrected chi connectivity index (χ4v) is 1.89. The van der Waals surface area contributed by atoms with Crippen LogP contribution in [0.5, 0.6) is 5.75 Å². The minimum Gasteiger partial charge on any atom is -0.484 e. The molecule has 22 heavy (non-hydrogen) atoms. The first-order valence-electron chi connectivity index (χ1n) is 6.50. The summed E-state index contributed by atoms with van der Waals surface area (Å²) in [4.78, 5) is 23.5. The van der Waals surface area contributed by atoms with E-state index in [0.29, 0.717) is 27.9 Å². The van der Waals surface area contributed by atoms with E-state index >= 15 is 0 Å². The highest BCUT2D eigenvalue weighted by Crippen LogP contribution is 2.15. The number of nitrogens with one attached hydrogen (secondary N) is 2. The number of furan rings is 1. The summed E-state index contributed by atoms with van der Waals surface area (Å²) < 4.78 is 10.5. The number of benzene rings is 1. The van der Waals surface area contributed by atoms with E-state index in [9.17, 15) is 9.59 Å². The highest BCUT2D eigenvalue weighted by molar-refractivity contribution is 6.30. The van der Waals surface area contributed by atoms with Gasteiger partial charge < -0.3 is 9.15 Å². The quantitative estimate of drug-likeness (QED) is 0.847. The predicted molar refractivity (Wildman–Crippen MR) is 80.7 cm³/mol. The van der Waals surface area contributed by atoms with Crippen LogP contribution in [0.1, 0.15) is 21.9 Å². The van der Waals surface area contributed by atoms with Crippen LogP contribution < -0.4 is 15.6 Å². The lowest BCUT2D eigenvalue weighted by molar-refractivity contribution is -0.123. The highest BCUT2D eigenvalue weighted by atomic mass is 35.5. The first-order valence-corrected chi connectivity index (χ1v) is 6.88. The van der Waals surface area contributed by atoms with Crippen LogP contribution in [-0.4, -0.2) is 18.4 Å². The van der Waals surface area contributed by atoms with Gasteiger partial charge in [0.2, 0.25) is 0 Å². The number of amides is 2. The number of ether oxygens (including phenoxy) is 1. The second-order valence-electron chi connectivity index (χ2n) is 4.57. The van der Waals surface area contributed by atoms with Gasteiger partial charge in [-0.1, -0.05) is 11.6 Å². The summed E-state index contributed by atoms with van der Waals surface area (Å²) in [6.07, 6.45) is 0. The molecule has 0 aliphatic carbocycles. The van der Waals surface area contributed by atoms with Crippen LogP contribution in [0.2, 0.25) is 5.02 Å². The highest BCUT2D eigenvalue weighted by Gasteiger charge is 2.14. The maximum Gasteiger partial charge on any atom is 0.276 e. The fourth-order valence-electron chi connectivity index (χ4n) is 1.77. The Labute approximate surface area is 132 Å². The third-order valence-corrected chi connectivity index (χ3v) is 3.04. The van der Waals surface area contributed by atoms with E-state index in [1.807, 2.05) is 0 Å². The number of hydrogen-bond acceptors (Lipinski definition) is 4. The Morgan fingerprint density at radius 3 is 2.45 bits per heavy atom. The number of hydrogen-bond donors (Lipinski definition) is 2. The topological polar surface area (TPSA) is 80.6 Å². The summed E-state index contributed by atoms with van der Waals surface area (Å²) in [6.45, 7) is 3.18. The van der Waals surface area contributed by atoms with Crippen LogP contribution in [0, 0.1) is 13.8 Å². The van der Waals surface area contributed by atoms with Crippen LogP contribution in [0.25, 0.3) is 0 Å². The zero-order valence-corrected chi connectivity index (χ0v) is 12.9. The minimum atomic E-state index is -0.485. The van der Waals surface area contributed by atoms with Crippen molar-refractivity contribution in [2.24, 2.45) is 0 Å².